The van der Waals surface area contributed by atoms with Crippen LogP contribution in [0.4, 0.5) is 5.69 Å². The van der Waals surface area contributed by atoms with Crippen LogP contribution < -0.4 is 19.2 Å². The number of nitrogens with one attached hydrogen (secondary N) is 1. The van der Waals surface area contributed by atoms with Crippen molar-refractivity contribution in [3.05, 3.63) is 119 Å². The third-order valence-corrected chi connectivity index (χ3v) is 7.66. The number of rotatable bonds is 11. The average molecular weight is 564 g/mol. The predicted molar refractivity (Wildman–Crippen MR) is 152 cm³/mol. The fourth-order valence-corrected chi connectivity index (χ4v) is 5.27. The van der Waals surface area contributed by atoms with Crippen LogP contribution in [0.3, 0.4) is 0 Å². The van der Waals surface area contributed by atoms with Crippen LogP contribution >= 0.6 is 11.6 Å². The lowest BCUT2D eigenvalue weighted by Gasteiger charge is -2.24. The second-order valence-electron chi connectivity index (χ2n) is 8.28. The molecule has 0 bridgehead atoms. The summed E-state index contributed by atoms with van der Waals surface area (Å²) in [7, 11) is -2.63. The molecule has 0 aliphatic carbocycles. The Bertz CT molecular complexity index is 1530. The zero-order valence-corrected chi connectivity index (χ0v) is 22.6. The molecule has 0 aliphatic rings. The van der Waals surface area contributed by atoms with Gasteiger partial charge in [0.25, 0.3) is 15.9 Å². The average Bonchev–Trinajstić information content (AvgIpc) is 2.96. The predicted octanol–water partition coefficient (Wildman–Crippen LogP) is 5.27. The maximum absolute atomic E-state index is 13.4. The second-order valence-corrected chi connectivity index (χ2v) is 10.5. The molecule has 0 fully saturated rings. The summed E-state index contributed by atoms with van der Waals surface area (Å²) in [5.74, 6) is 0.434. The van der Waals surface area contributed by atoms with E-state index in [1.165, 1.54) is 43.7 Å². The van der Waals surface area contributed by atoms with Crippen LogP contribution in [0.15, 0.2) is 113 Å². The number of halogens is 1. The van der Waals surface area contributed by atoms with Gasteiger partial charge >= 0.3 is 0 Å². The molecular formula is C29H26ClN3O5S. The maximum atomic E-state index is 13.4. The van der Waals surface area contributed by atoms with Crippen molar-refractivity contribution in [1.82, 2.24) is 5.43 Å². The fraction of sp³-hybridized carbons (Fsp3) is 0.103. The number of carbonyl (C=O) groups is 1. The Kier molecular flexibility index (Phi) is 9.19. The zero-order valence-electron chi connectivity index (χ0n) is 21.0. The van der Waals surface area contributed by atoms with E-state index in [9.17, 15) is 13.2 Å². The monoisotopic (exact) mass is 563 g/mol. The standard InChI is InChI=1S/C29H26ClN3O5S/c1-37-28-17-14-24(18-27(28)30)33(39(35,36)26-10-6-3-7-11-26)20-29(34)32-31-19-22-12-15-25(16-13-22)38-21-23-8-4-2-5-9-23/h2-19H,20-21H2,1H3,(H,32,34)/b31-19-. The van der Waals surface area contributed by atoms with Gasteiger partial charge in [-0.25, -0.2) is 13.8 Å². The van der Waals surface area contributed by atoms with E-state index >= 15 is 0 Å². The zero-order chi connectivity index (χ0) is 27.7. The minimum Gasteiger partial charge on any atom is -0.495 e. The highest BCUT2D eigenvalue weighted by Crippen LogP contribution is 2.31. The smallest absolute Gasteiger partial charge is 0.264 e. The Morgan fingerprint density at radius 1 is 0.949 bits per heavy atom. The molecule has 1 N–H and O–H groups in total. The third kappa shape index (κ3) is 7.37. The molecule has 4 rings (SSSR count). The molecule has 4 aromatic rings. The summed E-state index contributed by atoms with van der Waals surface area (Å²) >= 11 is 6.24. The first kappa shape index (κ1) is 27.7. The quantitative estimate of drug-likeness (QED) is 0.198. The van der Waals surface area contributed by atoms with Crippen molar-refractivity contribution in [2.75, 3.05) is 18.0 Å². The van der Waals surface area contributed by atoms with Crippen LogP contribution in [-0.4, -0.2) is 34.2 Å². The van der Waals surface area contributed by atoms with Crippen LogP contribution in [0.5, 0.6) is 11.5 Å². The van der Waals surface area contributed by atoms with Crippen molar-refractivity contribution < 1.29 is 22.7 Å². The molecule has 8 nitrogen and oxygen atoms in total. The van der Waals surface area contributed by atoms with Gasteiger partial charge in [-0.15, -0.1) is 0 Å². The van der Waals surface area contributed by atoms with Gasteiger partial charge in [-0.05, 0) is 65.7 Å². The molecule has 0 saturated heterocycles. The van der Waals surface area contributed by atoms with Crippen LogP contribution in [-0.2, 0) is 21.4 Å². The van der Waals surface area contributed by atoms with E-state index in [2.05, 4.69) is 10.5 Å². The summed E-state index contributed by atoms with van der Waals surface area (Å²) in [5, 5.41) is 4.18. The Balaban J connectivity index is 1.43. The normalized spacial score (nSPS) is 11.2. The second kappa shape index (κ2) is 12.9. The molecule has 0 aromatic heterocycles. The Morgan fingerprint density at radius 3 is 2.26 bits per heavy atom. The third-order valence-electron chi connectivity index (χ3n) is 5.57. The van der Waals surface area contributed by atoms with E-state index in [0.29, 0.717) is 18.1 Å². The van der Waals surface area contributed by atoms with Gasteiger partial charge in [-0.1, -0.05) is 60.1 Å². The number of hydrogen-bond acceptors (Lipinski definition) is 6. The molecule has 0 heterocycles. The van der Waals surface area contributed by atoms with Crippen molar-refractivity contribution in [2.24, 2.45) is 5.10 Å². The maximum Gasteiger partial charge on any atom is 0.264 e. The molecular weight excluding hydrogens is 538 g/mol. The number of hydrazone groups is 1. The molecule has 0 aliphatic heterocycles. The highest BCUT2D eigenvalue weighted by Gasteiger charge is 2.27. The minimum atomic E-state index is -4.09. The van der Waals surface area contributed by atoms with Gasteiger partial charge in [-0.2, -0.15) is 5.10 Å². The van der Waals surface area contributed by atoms with E-state index in [-0.39, 0.29) is 15.6 Å². The number of sulfonamides is 1. The van der Waals surface area contributed by atoms with Gasteiger partial charge < -0.3 is 9.47 Å². The van der Waals surface area contributed by atoms with Crippen LogP contribution in [0.1, 0.15) is 11.1 Å². The van der Waals surface area contributed by atoms with Crippen LogP contribution in [0.2, 0.25) is 5.02 Å². The number of carbonyl (C=O) groups excluding carboxylic acids is 1. The number of ether oxygens (including phenoxy) is 2. The van der Waals surface area contributed by atoms with E-state index in [4.69, 9.17) is 21.1 Å². The lowest BCUT2D eigenvalue weighted by molar-refractivity contribution is -0.119. The lowest BCUT2D eigenvalue weighted by Crippen LogP contribution is -2.39. The fourth-order valence-electron chi connectivity index (χ4n) is 3.58. The Labute approximate surface area is 232 Å². The van der Waals surface area contributed by atoms with Gasteiger partial charge in [0.05, 0.1) is 28.9 Å². The van der Waals surface area contributed by atoms with E-state index < -0.39 is 22.5 Å². The van der Waals surface area contributed by atoms with Gasteiger partial charge in [0, 0.05) is 0 Å². The molecule has 0 atom stereocenters. The highest BCUT2D eigenvalue weighted by molar-refractivity contribution is 7.92. The number of hydrogen-bond donors (Lipinski definition) is 1. The summed E-state index contributed by atoms with van der Waals surface area (Å²) in [5.41, 5.74) is 4.37. The van der Waals surface area contributed by atoms with E-state index in [1.807, 2.05) is 30.3 Å². The lowest BCUT2D eigenvalue weighted by atomic mass is 10.2. The van der Waals surface area contributed by atoms with Gasteiger partial charge in [0.1, 0.15) is 24.7 Å². The van der Waals surface area contributed by atoms with Crippen molar-refractivity contribution in [3.8, 4) is 11.5 Å². The van der Waals surface area contributed by atoms with Crippen molar-refractivity contribution in [3.63, 3.8) is 0 Å². The van der Waals surface area contributed by atoms with Crippen molar-refractivity contribution >= 4 is 39.4 Å². The van der Waals surface area contributed by atoms with Crippen LogP contribution in [0.25, 0.3) is 0 Å². The minimum absolute atomic E-state index is 0.0304. The molecule has 4 aromatic carbocycles. The van der Waals surface area contributed by atoms with Gasteiger partial charge in [-0.3, -0.25) is 9.10 Å². The Hall–Kier alpha value is -4.34. The SMILES string of the molecule is COc1ccc(N(CC(=O)N/N=C\c2ccc(OCc3ccccc3)cc2)S(=O)(=O)c2ccccc2)cc1Cl. The molecule has 39 heavy (non-hydrogen) atoms. The van der Waals surface area contributed by atoms with E-state index in [1.54, 1.807) is 42.5 Å². The molecule has 0 saturated carbocycles. The van der Waals surface area contributed by atoms with Crippen molar-refractivity contribution in [1.29, 1.82) is 0 Å². The molecule has 200 valence electrons. The number of anilines is 1. The first-order valence-corrected chi connectivity index (χ1v) is 13.7. The summed E-state index contributed by atoms with van der Waals surface area (Å²) < 4.78 is 38.8. The summed E-state index contributed by atoms with van der Waals surface area (Å²) in [6.45, 7) is -0.0738. The van der Waals surface area contributed by atoms with Gasteiger partial charge in [0.2, 0.25) is 0 Å². The number of amides is 1. The van der Waals surface area contributed by atoms with Gasteiger partial charge in [0.15, 0.2) is 0 Å². The topological polar surface area (TPSA) is 97.3 Å². The number of benzene rings is 4. The van der Waals surface area contributed by atoms with Crippen LogP contribution in [0, 0.1) is 0 Å². The number of methoxy groups -OCH3 is 1. The molecule has 0 spiro atoms. The highest BCUT2D eigenvalue weighted by atomic mass is 35.5. The molecule has 0 radical (unpaired) electrons. The van der Waals surface area contributed by atoms with E-state index in [0.717, 1.165) is 15.4 Å². The first-order valence-electron chi connectivity index (χ1n) is 11.9. The molecule has 0 unspecified atom stereocenters. The first-order chi connectivity index (χ1) is 18.9. The summed E-state index contributed by atoms with van der Waals surface area (Å²) in [6.07, 6.45) is 1.46. The summed E-state index contributed by atoms with van der Waals surface area (Å²) in [4.78, 5) is 12.8. The molecule has 10 heteroatoms. The number of nitrogens with zero attached hydrogens (tertiary/aromatic N) is 2. The largest absolute Gasteiger partial charge is 0.495 e. The molecule has 1 amide bonds. The summed E-state index contributed by atoms with van der Waals surface area (Å²) in [6, 6.07) is 29.3. The Morgan fingerprint density at radius 2 is 1.62 bits per heavy atom. The van der Waals surface area contributed by atoms with Crippen molar-refractivity contribution in [2.45, 2.75) is 11.5 Å².